The highest BCUT2D eigenvalue weighted by Gasteiger charge is 2.10. The van der Waals surface area contributed by atoms with Gasteiger partial charge in [-0.15, -0.1) is 11.8 Å². The van der Waals surface area contributed by atoms with Crippen LogP contribution in [-0.2, 0) is 16.6 Å². The van der Waals surface area contributed by atoms with E-state index in [1.54, 1.807) is 31.2 Å². The summed E-state index contributed by atoms with van der Waals surface area (Å²) in [6.07, 6.45) is 2.04. The standard InChI is InChI=1S/C20H20N2O3S/c1-3-25-20(24)14-8-10-15(11-9-14)21-19(23)13-26-18-12-22(2)17-7-5-4-6-16(17)18/h4-12H,3,13H2,1-2H3,(H,21,23). The van der Waals surface area contributed by atoms with Crippen LogP contribution in [0.2, 0.25) is 0 Å². The molecule has 3 rings (SSSR count). The molecule has 0 aliphatic rings. The molecular formula is C20H20N2O3S. The highest BCUT2D eigenvalue weighted by molar-refractivity contribution is 8.00. The number of para-hydroxylation sites is 1. The van der Waals surface area contributed by atoms with Gasteiger partial charge in [0.05, 0.1) is 17.9 Å². The summed E-state index contributed by atoms with van der Waals surface area (Å²) in [5.41, 5.74) is 2.27. The van der Waals surface area contributed by atoms with Crippen LogP contribution in [0.3, 0.4) is 0 Å². The van der Waals surface area contributed by atoms with Gasteiger partial charge in [0.1, 0.15) is 0 Å². The molecule has 0 bridgehead atoms. The molecule has 1 aromatic heterocycles. The van der Waals surface area contributed by atoms with E-state index >= 15 is 0 Å². The molecular weight excluding hydrogens is 348 g/mol. The van der Waals surface area contributed by atoms with Gasteiger partial charge in [0.25, 0.3) is 0 Å². The maximum Gasteiger partial charge on any atom is 0.338 e. The minimum atomic E-state index is -0.364. The van der Waals surface area contributed by atoms with Gasteiger partial charge in [-0.2, -0.15) is 0 Å². The van der Waals surface area contributed by atoms with E-state index in [-0.39, 0.29) is 11.9 Å². The molecule has 0 spiro atoms. The summed E-state index contributed by atoms with van der Waals surface area (Å²) < 4.78 is 7.00. The van der Waals surface area contributed by atoms with Crippen molar-refractivity contribution in [3.8, 4) is 0 Å². The molecule has 2 aromatic carbocycles. The van der Waals surface area contributed by atoms with Gasteiger partial charge in [-0.1, -0.05) is 18.2 Å². The maximum atomic E-state index is 12.2. The van der Waals surface area contributed by atoms with Gasteiger partial charge >= 0.3 is 5.97 Å². The second-order valence-electron chi connectivity index (χ2n) is 5.76. The number of carbonyl (C=O) groups excluding carboxylic acids is 2. The molecule has 0 fully saturated rings. The van der Waals surface area contributed by atoms with Gasteiger partial charge in [0, 0.05) is 34.7 Å². The van der Waals surface area contributed by atoms with Crippen LogP contribution in [0.15, 0.2) is 59.6 Å². The van der Waals surface area contributed by atoms with E-state index < -0.39 is 0 Å². The quantitative estimate of drug-likeness (QED) is 0.526. The zero-order valence-electron chi connectivity index (χ0n) is 14.7. The van der Waals surface area contributed by atoms with Crippen LogP contribution in [0, 0.1) is 0 Å². The number of nitrogens with zero attached hydrogens (tertiary/aromatic N) is 1. The lowest BCUT2D eigenvalue weighted by molar-refractivity contribution is -0.113. The van der Waals surface area contributed by atoms with E-state index in [1.165, 1.54) is 11.8 Å². The number of esters is 1. The van der Waals surface area contributed by atoms with Crippen molar-refractivity contribution in [2.24, 2.45) is 7.05 Å². The highest BCUT2D eigenvalue weighted by Crippen LogP contribution is 2.29. The largest absolute Gasteiger partial charge is 0.462 e. The lowest BCUT2D eigenvalue weighted by Gasteiger charge is -2.06. The molecule has 6 heteroatoms. The van der Waals surface area contributed by atoms with Crippen molar-refractivity contribution in [1.29, 1.82) is 0 Å². The molecule has 1 amide bonds. The number of rotatable bonds is 6. The summed E-state index contributed by atoms with van der Waals surface area (Å²) in [4.78, 5) is 24.9. The molecule has 1 heterocycles. The Morgan fingerprint density at radius 3 is 2.58 bits per heavy atom. The molecule has 0 radical (unpaired) electrons. The number of aryl methyl sites for hydroxylation is 1. The Bertz CT molecular complexity index is 932. The van der Waals surface area contributed by atoms with Crippen molar-refractivity contribution in [2.75, 3.05) is 17.7 Å². The zero-order chi connectivity index (χ0) is 18.5. The first-order valence-electron chi connectivity index (χ1n) is 8.32. The number of benzene rings is 2. The van der Waals surface area contributed by atoms with Crippen LogP contribution >= 0.6 is 11.8 Å². The van der Waals surface area contributed by atoms with Crippen molar-refractivity contribution in [1.82, 2.24) is 4.57 Å². The van der Waals surface area contributed by atoms with E-state index in [9.17, 15) is 9.59 Å². The average molecular weight is 368 g/mol. The molecule has 26 heavy (non-hydrogen) atoms. The van der Waals surface area contributed by atoms with Crippen LogP contribution in [-0.4, -0.2) is 28.8 Å². The zero-order valence-corrected chi connectivity index (χ0v) is 15.5. The van der Waals surface area contributed by atoms with E-state index in [4.69, 9.17) is 4.74 Å². The fraction of sp³-hybridized carbons (Fsp3) is 0.200. The molecule has 0 saturated carbocycles. The number of aromatic nitrogens is 1. The highest BCUT2D eigenvalue weighted by atomic mass is 32.2. The fourth-order valence-corrected chi connectivity index (χ4v) is 3.58. The molecule has 0 saturated heterocycles. The van der Waals surface area contributed by atoms with E-state index in [0.717, 1.165) is 15.8 Å². The predicted molar refractivity (Wildman–Crippen MR) is 105 cm³/mol. The minimum Gasteiger partial charge on any atom is -0.462 e. The molecule has 0 aliphatic carbocycles. The monoisotopic (exact) mass is 368 g/mol. The topological polar surface area (TPSA) is 60.3 Å². The predicted octanol–water partition coefficient (Wildman–Crippen LogP) is 4.09. The summed E-state index contributed by atoms with van der Waals surface area (Å²) in [7, 11) is 2.00. The first-order valence-corrected chi connectivity index (χ1v) is 9.31. The van der Waals surface area contributed by atoms with Crippen LogP contribution in [0.5, 0.6) is 0 Å². The number of ether oxygens (including phenoxy) is 1. The van der Waals surface area contributed by atoms with Crippen LogP contribution in [0.1, 0.15) is 17.3 Å². The molecule has 0 atom stereocenters. The Hall–Kier alpha value is -2.73. The summed E-state index contributed by atoms with van der Waals surface area (Å²) in [5, 5.41) is 3.99. The van der Waals surface area contributed by atoms with Gasteiger partial charge < -0.3 is 14.6 Å². The Labute approximate surface area is 156 Å². The van der Waals surface area contributed by atoms with Crippen LogP contribution in [0.4, 0.5) is 5.69 Å². The molecule has 3 aromatic rings. The van der Waals surface area contributed by atoms with Gasteiger partial charge in [0.2, 0.25) is 5.91 Å². The molecule has 0 aliphatic heterocycles. The lowest BCUT2D eigenvalue weighted by atomic mass is 10.2. The molecule has 1 N–H and O–H groups in total. The average Bonchev–Trinajstić information content (AvgIpc) is 2.97. The second-order valence-corrected chi connectivity index (χ2v) is 6.77. The number of amides is 1. The van der Waals surface area contributed by atoms with E-state index in [1.807, 2.05) is 25.4 Å². The smallest absolute Gasteiger partial charge is 0.338 e. The van der Waals surface area contributed by atoms with Crippen molar-refractivity contribution in [2.45, 2.75) is 11.8 Å². The molecule has 134 valence electrons. The number of nitrogens with one attached hydrogen (secondary N) is 1. The SMILES string of the molecule is CCOC(=O)c1ccc(NC(=O)CSc2cn(C)c3ccccc23)cc1. The number of carbonyl (C=O) groups is 2. The van der Waals surface area contributed by atoms with Crippen molar-refractivity contribution in [3.05, 3.63) is 60.3 Å². The Balaban J connectivity index is 1.59. The first-order chi connectivity index (χ1) is 12.6. The minimum absolute atomic E-state index is 0.0909. The van der Waals surface area contributed by atoms with E-state index in [0.29, 0.717) is 23.6 Å². The number of thioether (sulfide) groups is 1. The third-order valence-corrected chi connectivity index (χ3v) is 4.94. The lowest BCUT2D eigenvalue weighted by Crippen LogP contribution is -2.14. The molecule has 5 nitrogen and oxygen atoms in total. The first kappa shape index (κ1) is 18.1. The summed E-state index contributed by atoms with van der Waals surface area (Å²) in [6.45, 7) is 2.10. The summed E-state index contributed by atoms with van der Waals surface area (Å²) in [6, 6.07) is 14.8. The van der Waals surface area contributed by atoms with Gasteiger partial charge in [-0.05, 0) is 37.3 Å². The Morgan fingerprint density at radius 2 is 1.85 bits per heavy atom. The second kappa shape index (κ2) is 8.10. The van der Waals surface area contributed by atoms with Crippen LogP contribution in [0.25, 0.3) is 10.9 Å². The van der Waals surface area contributed by atoms with Crippen molar-refractivity contribution >= 4 is 40.2 Å². The molecule has 0 unspecified atom stereocenters. The van der Waals surface area contributed by atoms with Crippen LogP contribution < -0.4 is 5.32 Å². The number of anilines is 1. The van der Waals surface area contributed by atoms with Crippen molar-refractivity contribution < 1.29 is 14.3 Å². The van der Waals surface area contributed by atoms with Gasteiger partial charge in [-0.3, -0.25) is 4.79 Å². The fourth-order valence-electron chi connectivity index (χ4n) is 2.66. The summed E-state index contributed by atoms with van der Waals surface area (Å²) in [5.74, 6) is -0.142. The Kier molecular flexibility index (Phi) is 5.63. The normalized spacial score (nSPS) is 10.7. The number of fused-ring (bicyclic) bond motifs is 1. The number of hydrogen-bond acceptors (Lipinski definition) is 4. The van der Waals surface area contributed by atoms with Gasteiger partial charge in [-0.25, -0.2) is 4.79 Å². The van der Waals surface area contributed by atoms with E-state index in [2.05, 4.69) is 22.0 Å². The summed E-state index contributed by atoms with van der Waals surface area (Å²) >= 11 is 1.51. The third kappa shape index (κ3) is 4.08. The Morgan fingerprint density at radius 1 is 1.12 bits per heavy atom. The van der Waals surface area contributed by atoms with Gasteiger partial charge in [0.15, 0.2) is 0 Å². The van der Waals surface area contributed by atoms with Crippen molar-refractivity contribution in [3.63, 3.8) is 0 Å². The third-order valence-electron chi connectivity index (χ3n) is 3.90. The number of hydrogen-bond donors (Lipinski definition) is 1. The maximum absolute atomic E-state index is 12.2.